The van der Waals surface area contributed by atoms with Gasteiger partial charge in [0.25, 0.3) is 0 Å². The predicted octanol–water partition coefficient (Wildman–Crippen LogP) is 2.76. The molecule has 1 amide bonds. The third-order valence-corrected chi connectivity index (χ3v) is 4.68. The van der Waals surface area contributed by atoms with Crippen LogP contribution in [0.25, 0.3) is 0 Å². The van der Waals surface area contributed by atoms with Crippen LogP contribution in [0.5, 0.6) is 5.75 Å². The lowest BCUT2D eigenvalue weighted by molar-refractivity contribution is -0.122. The summed E-state index contributed by atoms with van der Waals surface area (Å²) >= 11 is 0. The number of ether oxygens (including phenoxy) is 1. The molecule has 0 saturated carbocycles. The van der Waals surface area contributed by atoms with E-state index in [1.807, 2.05) is 24.3 Å². The largest absolute Gasteiger partial charge is 0.496 e. The summed E-state index contributed by atoms with van der Waals surface area (Å²) in [6.45, 7) is 2.37. The second-order valence-corrected chi connectivity index (χ2v) is 6.40. The molecule has 0 aromatic heterocycles. The number of methoxy groups -OCH3 is 1. The second-order valence-electron chi connectivity index (χ2n) is 6.40. The van der Waals surface area contributed by atoms with E-state index in [1.165, 1.54) is 5.56 Å². The molecule has 1 fully saturated rings. The van der Waals surface area contributed by atoms with E-state index in [4.69, 9.17) is 10.5 Å². The van der Waals surface area contributed by atoms with E-state index in [-0.39, 0.29) is 11.9 Å². The van der Waals surface area contributed by atoms with Crippen molar-refractivity contribution in [2.24, 2.45) is 5.73 Å². The third-order valence-electron chi connectivity index (χ3n) is 4.68. The number of hydrogen-bond donors (Lipinski definition) is 2. The Morgan fingerprint density at radius 3 is 2.92 bits per heavy atom. The molecule has 0 spiro atoms. The number of anilines is 1. The van der Waals surface area contributed by atoms with Gasteiger partial charge in [0.1, 0.15) is 5.75 Å². The maximum Gasteiger partial charge on any atom is 0.234 e. The van der Waals surface area contributed by atoms with Crippen molar-refractivity contribution in [1.82, 2.24) is 4.90 Å². The topological polar surface area (TPSA) is 67.6 Å². The number of para-hydroxylation sites is 1. The van der Waals surface area contributed by atoms with Gasteiger partial charge in [-0.15, -0.1) is 0 Å². The van der Waals surface area contributed by atoms with Gasteiger partial charge in [-0.25, -0.2) is 0 Å². The lowest BCUT2D eigenvalue weighted by Crippen LogP contribution is -2.39. The number of carbonyl (C=O) groups excluding carboxylic acids is 1. The summed E-state index contributed by atoms with van der Waals surface area (Å²) in [7, 11) is 1.69. The van der Waals surface area contributed by atoms with Crippen LogP contribution in [0.3, 0.4) is 0 Å². The highest BCUT2D eigenvalue weighted by Crippen LogP contribution is 2.22. The molecule has 3 rings (SSSR count). The fraction of sp³-hybridized carbons (Fsp3) is 0.350. The summed E-state index contributed by atoms with van der Waals surface area (Å²) in [6.07, 6.45) is 1.89. The molecule has 1 aliphatic rings. The first-order valence-corrected chi connectivity index (χ1v) is 8.65. The zero-order chi connectivity index (χ0) is 17.6. The number of rotatable bonds is 7. The molecule has 0 aliphatic carbocycles. The highest BCUT2D eigenvalue weighted by molar-refractivity contribution is 5.80. The lowest BCUT2D eigenvalue weighted by Gasteiger charge is -2.22. The van der Waals surface area contributed by atoms with Crippen molar-refractivity contribution in [3.8, 4) is 5.75 Å². The van der Waals surface area contributed by atoms with Gasteiger partial charge in [-0.3, -0.25) is 9.69 Å². The Bertz CT molecular complexity index is 732. The Hall–Kier alpha value is -2.53. The van der Waals surface area contributed by atoms with E-state index in [9.17, 15) is 4.79 Å². The summed E-state index contributed by atoms with van der Waals surface area (Å²) in [5.74, 6) is 0.662. The highest BCUT2D eigenvalue weighted by Gasteiger charge is 2.28. The van der Waals surface area contributed by atoms with Gasteiger partial charge < -0.3 is 15.8 Å². The van der Waals surface area contributed by atoms with Gasteiger partial charge >= 0.3 is 0 Å². The summed E-state index contributed by atoms with van der Waals surface area (Å²) < 4.78 is 5.39. The van der Waals surface area contributed by atoms with Crippen molar-refractivity contribution in [2.75, 3.05) is 19.0 Å². The number of hydrogen-bond acceptors (Lipinski definition) is 4. The first-order chi connectivity index (χ1) is 12.2. The maximum absolute atomic E-state index is 11.5. The van der Waals surface area contributed by atoms with Crippen molar-refractivity contribution in [3.05, 3.63) is 59.7 Å². The lowest BCUT2D eigenvalue weighted by atomic mass is 10.1. The minimum Gasteiger partial charge on any atom is -0.496 e. The van der Waals surface area contributed by atoms with Crippen LogP contribution in [0.1, 0.15) is 24.0 Å². The molecule has 5 nitrogen and oxygen atoms in total. The molecule has 132 valence electrons. The molecular formula is C20H25N3O2. The molecule has 0 radical (unpaired) electrons. The van der Waals surface area contributed by atoms with Gasteiger partial charge in [0.05, 0.1) is 13.2 Å². The molecule has 2 aromatic carbocycles. The van der Waals surface area contributed by atoms with E-state index in [0.717, 1.165) is 42.9 Å². The Morgan fingerprint density at radius 2 is 2.12 bits per heavy atom. The van der Waals surface area contributed by atoms with Crippen LogP contribution in [0.4, 0.5) is 5.69 Å². The molecular weight excluding hydrogens is 314 g/mol. The van der Waals surface area contributed by atoms with Crippen molar-refractivity contribution in [1.29, 1.82) is 0 Å². The Kier molecular flexibility index (Phi) is 5.56. The van der Waals surface area contributed by atoms with Crippen molar-refractivity contribution in [2.45, 2.75) is 32.0 Å². The molecule has 2 aromatic rings. The van der Waals surface area contributed by atoms with Crippen LogP contribution in [-0.2, 0) is 17.9 Å². The minimum absolute atomic E-state index is 0.134. The smallest absolute Gasteiger partial charge is 0.234 e. The van der Waals surface area contributed by atoms with Gasteiger partial charge in [0.15, 0.2) is 0 Å². The summed E-state index contributed by atoms with van der Waals surface area (Å²) in [5.41, 5.74) is 8.85. The van der Waals surface area contributed by atoms with E-state index < -0.39 is 0 Å². The predicted molar refractivity (Wildman–Crippen MR) is 99.4 cm³/mol. The molecule has 3 N–H and O–H groups in total. The normalized spacial score (nSPS) is 17.4. The number of primary amides is 1. The van der Waals surface area contributed by atoms with Crippen LogP contribution in [0, 0.1) is 0 Å². The Balaban J connectivity index is 1.64. The summed E-state index contributed by atoms with van der Waals surface area (Å²) in [6, 6.07) is 16.2. The second kappa shape index (κ2) is 8.03. The number of carbonyl (C=O) groups is 1. The van der Waals surface area contributed by atoms with E-state index in [1.54, 1.807) is 7.11 Å². The van der Waals surface area contributed by atoms with Gasteiger partial charge in [-0.05, 0) is 43.1 Å². The number of nitrogens with two attached hydrogens (primary N) is 1. The maximum atomic E-state index is 11.5. The average Bonchev–Trinajstić information content (AvgIpc) is 3.09. The molecule has 5 heteroatoms. The zero-order valence-electron chi connectivity index (χ0n) is 14.6. The van der Waals surface area contributed by atoms with Gasteiger partial charge in [0, 0.05) is 24.3 Å². The molecule has 0 bridgehead atoms. The Labute approximate surface area is 148 Å². The van der Waals surface area contributed by atoms with E-state index in [0.29, 0.717) is 6.54 Å². The van der Waals surface area contributed by atoms with Crippen molar-refractivity contribution < 1.29 is 9.53 Å². The minimum atomic E-state index is -0.219. The monoisotopic (exact) mass is 339 g/mol. The Morgan fingerprint density at radius 1 is 1.28 bits per heavy atom. The quantitative estimate of drug-likeness (QED) is 0.814. The first kappa shape index (κ1) is 17.3. The summed E-state index contributed by atoms with van der Waals surface area (Å²) in [5, 5.41) is 3.44. The SMILES string of the molecule is COc1ccccc1CNc1cccc(CN2CCCC2C(N)=O)c1. The highest BCUT2D eigenvalue weighted by atomic mass is 16.5. The fourth-order valence-electron chi connectivity index (χ4n) is 3.40. The number of nitrogens with zero attached hydrogens (tertiary/aromatic N) is 1. The first-order valence-electron chi connectivity index (χ1n) is 8.65. The van der Waals surface area contributed by atoms with Crippen molar-refractivity contribution in [3.63, 3.8) is 0 Å². The summed E-state index contributed by atoms with van der Waals surface area (Å²) in [4.78, 5) is 13.7. The van der Waals surface area contributed by atoms with Crippen LogP contribution < -0.4 is 15.8 Å². The fourth-order valence-corrected chi connectivity index (χ4v) is 3.40. The van der Waals surface area contributed by atoms with Gasteiger partial charge in [0.2, 0.25) is 5.91 Å². The van der Waals surface area contributed by atoms with Gasteiger partial charge in [-0.2, -0.15) is 0 Å². The number of nitrogens with one attached hydrogen (secondary N) is 1. The van der Waals surface area contributed by atoms with Crippen LogP contribution >= 0.6 is 0 Å². The molecule has 1 unspecified atom stereocenters. The third kappa shape index (κ3) is 4.31. The molecule has 1 aliphatic heterocycles. The zero-order valence-corrected chi connectivity index (χ0v) is 14.6. The van der Waals surface area contributed by atoms with Gasteiger partial charge in [-0.1, -0.05) is 30.3 Å². The van der Waals surface area contributed by atoms with Crippen molar-refractivity contribution >= 4 is 11.6 Å². The van der Waals surface area contributed by atoms with Crippen LogP contribution in [0.15, 0.2) is 48.5 Å². The average molecular weight is 339 g/mol. The number of amides is 1. The van der Waals surface area contributed by atoms with E-state index >= 15 is 0 Å². The number of benzene rings is 2. The van der Waals surface area contributed by atoms with Crippen LogP contribution in [-0.4, -0.2) is 30.5 Å². The molecule has 1 heterocycles. The van der Waals surface area contributed by atoms with E-state index in [2.05, 4.69) is 34.5 Å². The number of likely N-dealkylation sites (tertiary alicyclic amines) is 1. The van der Waals surface area contributed by atoms with Crippen LogP contribution in [0.2, 0.25) is 0 Å². The molecule has 1 atom stereocenters. The molecule has 25 heavy (non-hydrogen) atoms. The standard InChI is InChI=1S/C20H25N3O2/c1-25-19-10-3-2-7-16(19)13-22-17-8-4-6-15(12-17)14-23-11-5-9-18(23)20(21)24/h2-4,6-8,10,12,18,22H,5,9,11,13-14H2,1H3,(H2,21,24). The molecule has 1 saturated heterocycles.